The van der Waals surface area contributed by atoms with Crippen molar-refractivity contribution < 1.29 is 9.53 Å². The van der Waals surface area contributed by atoms with Gasteiger partial charge in [-0.25, -0.2) is 9.97 Å². The average molecular weight is 355 g/mol. The first kappa shape index (κ1) is 17.0. The number of carbonyl (C=O) groups excluding carboxylic acids is 1. The number of piperidine rings is 1. The number of aromatic amines is 1. The van der Waals surface area contributed by atoms with E-state index in [0.717, 1.165) is 49.3 Å². The molecule has 26 heavy (non-hydrogen) atoms. The predicted octanol–water partition coefficient (Wildman–Crippen LogP) is 2.30. The Bertz CT molecular complexity index is 817. The summed E-state index contributed by atoms with van der Waals surface area (Å²) in [5.41, 5.74) is 2.12. The van der Waals surface area contributed by atoms with Gasteiger partial charge in [-0.2, -0.15) is 0 Å². The Hall–Kier alpha value is -2.41. The number of likely N-dealkylation sites (tertiary alicyclic amines) is 1. The van der Waals surface area contributed by atoms with E-state index in [2.05, 4.69) is 33.0 Å². The van der Waals surface area contributed by atoms with Crippen LogP contribution in [-0.2, 0) is 9.53 Å². The highest BCUT2D eigenvalue weighted by Crippen LogP contribution is 2.50. The van der Waals surface area contributed by atoms with Crippen LogP contribution in [0.25, 0.3) is 11.0 Å². The van der Waals surface area contributed by atoms with Crippen LogP contribution in [0.5, 0.6) is 0 Å². The van der Waals surface area contributed by atoms with Crippen LogP contribution in [0.3, 0.4) is 0 Å². The number of amides is 1. The summed E-state index contributed by atoms with van der Waals surface area (Å²) in [7, 11) is 1.75. The molecule has 2 N–H and O–H groups in total. The quantitative estimate of drug-likeness (QED) is 0.777. The predicted molar refractivity (Wildman–Crippen MR) is 100 cm³/mol. The number of nitrogens with zero attached hydrogens (tertiary/aromatic N) is 3. The van der Waals surface area contributed by atoms with Gasteiger partial charge in [0.15, 0.2) is 0 Å². The molecular weight excluding hydrogens is 330 g/mol. The van der Waals surface area contributed by atoms with E-state index in [4.69, 9.17) is 4.74 Å². The Kier molecular flexibility index (Phi) is 4.63. The van der Waals surface area contributed by atoms with Gasteiger partial charge >= 0.3 is 0 Å². The van der Waals surface area contributed by atoms with E-state index in [9.17, 15) is 4.79 Å². The van der Waals surface area contributed by atoms with E-state index < -0.39 is 0 Å². The van der Waals surface area contributed by atoms with Crippen molar-refractivity contribution in [2.24, 2.45) is 5.92 Å². The first-order valence-corrected chi connectivity index (χ1v) is 9.20. The maximum atomic E-state index is 11.9. The maximum Gasteiger partial charge on any atom is 0.246 e. The van der Waals surface area contributed by atoms with Crippen molar-refractivity contribution in [1.29, 1.82) is 0 Å². The Labute approximate surface area is 152 Å². The van der Waals surface area contributed by atoms with E-state index in [0.29, 0.717) is 18.4 Å². The molecule has 1 saturated carbocycles. The van der Waals surface area contributed by atoms with E-state index in [1.165, 1.54) is 11.6 Å². The highest BCUT2D eigenvalue weighted by Gasteiger charge is 2.40. The highest BCUT2D eigenvalue weighted by atomic mass is 16.5. The van der Waals surface area contributed by atoms with Crippen molar-refractivity contribution in [2.75, 3.05) is 32.1 Å². The summed E-state index contributed by atoms with van der Waals surface area (Å²) >= 11 is 0. The Morgan fingerprint density at radius 1 is 1.54 bits per heavy atom. The molecule has 2 fully saturated rings. The monoisotopic (exact) mass is 355 g/mol. The minimum Gasteiger partial charge on any atom is -0.384 e. The van der Waals surface area contributed by atoms with Gasteiger partial charge in [-0.1, -0.05) is 6.58 Å². The minimum absolute atomic E-state index is 0.00736. The summed E-state index contributed by atoms with van der Waals surface area (Å²) < 4.78 is 5.30. The van der Waals surface area contributed by atoms with Crippen LogP contribution in [0.4, 0.5) is 5.82 Å². The summed E-state index contributed by atoms with van der Waals surface area (Å²) in [5.74, 6) is 1.92. The number of nitrogens with one attached hydrogen (secondary N) is 2. The smallest absolute Gasteiger partial charge is 0.246 e. The lowest BCUT2D eigenvalue weighted by molar-refractivity contribution is -0.127. The molecule has 1 saturated heterocycles. The largest absolute Gasteiger partial charge is 0.384 e. The Balaban J connectivity index is 1.56. The number of ether oxygens (including phenoxy) is 1. The van der Waals surface area contributed by atoms with E-state index in [-0.39, 0.29) is 11.9 Å². The van der Waals surface area contributed by atoms with Gasteiger partial charge in [-0.15, -0.1) is 0 Å². The zero-order chi connectivity index (χ0) is 18.1. The number of fused-ring (bicyclic) bond motifs is 1. The van der Waals surface area contributed by atoms with Gasteiger partial charge in [-0.3, -0.25) is 4.79 Å². The van der Waals surface area contributed by atoms with Crippen molar-refractivity contribution in [3.8, 4) is 0 Å². The first-order chi connectivity index (χ1) is 12.7. The molecule has 0 aromatic carbocycles. The molecule has 2 aromatic rings. The number of hydrogen-bond donors (Lipinski definition) is 2. The average Bonchev–Trinajstić information content (AvgIpc) is 3.28. The van der Waals surface area contributed by atoms with Gasteiger partial charge in [0.25, 0.3) is 0 Å². The molecule has 2 aromatic heterocycles. The first-order valence-electron chi connectivity index (χ1n) is 9.20. The van der Waals surface area contributed by atoms with Gasteiger partial charge < -0.3 is 19.9 Å². The molecule has 3 atom stereocenters. The standard InChI is InChI=1S/C19H25N5O2/c1-3-16(25)24-6-4-5-13(9-24)23-19-17-15(14-7-12(14)10-26-2)8-20-18(17)21-11-22-19/h3,8,11-14H,1,4-7,9-10H2,2H3,(H2,20,21,22,23)/t12-,13?,14+/m1/s1. The SMILES string of the molecule is C=CC(=O)N1CCCC(Nc2ncnc3[nH]cc([C@H]4C[C@@H]4COC)c23)C1. The van der Waals surface area contributed by atoms with Crippen LogP contribution in [0.2, 0.25) is 0 Å². The maximum absolute atomic E-state index is 11.9. The molecule has 1 amide bonds. The van der Waals surface area contributed by atoms with Crippen LogP contribution in [0.1, 0.15) is 30.7 Å². The van der Waals surface area contributed by atoms with Crippen molar-refractivity contribution in [1.82, 2.24) is 19.9 Å². The van der Waals surface area contributed by atoms with Crippen molar-refractivity contribution >= 4 is 22.8 Å². The van der Waals surface area contributed by atoms with E-state index in [1.54, 1.807) is 13.4 Å². The van der Waals surface area contributed by atoms with Crippen LogP contribution >= 0.6 is 0 Å². The summed E-state index contributed by atoms with van der Waals surface area (Å²) in [5, 5.41) is 4.63. The fraction of sp³-hybridized carbons (Fsp3) is 0.526. The summed E-state index contributed by atoms with van der Waals surface area (Å²) in [4.78, 5) is 25.9. The molecule has 2 aliphatic rings. The second kappa shape index (κ2) is 7.07. The van der Waals surface area contributed by atoms with Gasteiger partial charge in [-0.05, 0) is 42.7 Å². The molecule has 7 heteroatoms. The molecule has 0 bridgehead atoms. The third-order valence-electron chi connectivity index (χ3n) is 5.45. The zero-order valence-electron chi connectivity index (χ0n) is 15.1. The third-order valence-corrected chi connectivity index (χ3v) is 5.45. The van der Waals surface area contributed by atoms with Crippen molar-refractivity contribution in [2.45, 2.75) is 31.2 Å². The van der Waals surface area contributed by atoms with Crippen LogP contribution in [0, 0.1) is 5.92 Å². The van der Waals surface area contributed by atoms with Crippen LogP contribution in [0.15, 0.2) is 25.2 Å². The van der Waals surface area contributed by atoms with Crippen LogP contribution in [-0.4, -0.2) is 58.6 Å². The van der Waals surface area contributed by atoms with Gasteiger partial charge in [0.1, 0.15) is 17.8 Å². The van der Waals surface area contributed by atoms with Gasteiger partial charge in [0, 0.05) is 39.0 Å². The van der Waals surface area contributed by atoms with Gasteiger partial charge in [0.2, 0.25) is 5.91 Å². The summed E-state index contributed by atoms with van der Waals surface area (Å²) in [6.45, 7) is 5.84. The number of rotatable bonds is 6. The Morgan fingerprint density at radius 2 is 2.42 bits per heavy atom. The fourth-order valence-corrected chi connectivity index (χ4v) is 4.03. The second-order valence-corrected chi connectivity index (χ2v) is 7.22. The lowest BCUT2D eigenvalue weighted by Crippen LogP contribution is -2.44. The number of aromatic nitrogens is 3. The third kappa shape index (κ3) is 3.19. The Morgan fingerprint density at radius 3 is 3.23 bits per heavy atom. The lowest BCUT2D eigenvalue weighted by atomic mass is 10.0. The molecular formula is C19H25N5O2. The molecule has 1 unspecified atom stereocenters. The number of hydrogen-bond acceptors (Lipinski definition) is 5. The van der Waals surface area contributed by atoms with Crippen molar-refractivity contribution in [3.05, 3.63) is 30.7 Å². The molecule has 4 rings (SSSR count). The minimum atomic E-state index is -0.00736. The normalized spacial score (nSPS) is 25.3. The van der Waals surface area contributed by atoms with Gasteiger partial charge in [0.05, 0.1) is 5.39 Å². The molecule has 3 heterocycles. The fourth-order valence-electron chi connectivity index (χ4n) is 4.03. The molecule has 1 aliphatic carbocycles. The summed E-state index contributed by atoms with van der Waals surface area (Å²) in [6.07, 6.45) is 8.16. The van der Waals surface area contributed by atoms with E-state index in [1.807, 2.05) is 4.90 Å². The summed E-state index contributed by atoms with van der Waals surface area (Å²) in [6, 6.07) is 0.183. The highest BCUT2D eigenvalue weighted by molar-refractivity contribution is 5.91. The zero-order valence-corrected chi connectivity index (χ0v) is 15.1. The second-order valence-electron chi connectivity index (χ2n) is 7.22. The molecule has 7 nitrogen and oxygen atoms in total. The lowest BCUT2D eigenvalue weighted by Gasteiger charge is -2.33. The molecule has 138 valence electrons. The number of methoxy groups -OCH3 is 1. The number of carbonyl (C=O) groups is 1. The number of H-pyrrole nitrogens is 1. The molecule has 1 aliphatic heterocycles. The van der Waals surface area contributed by atoms with Crippen molar-refractivity contribution in [3.63, 3.8) is 0 Å². The molecule has 0 spiro atoms. The van der Waals surface area contributed by atoms with Crippen LogP contribution < -0.4 is 5.32 Å². The molecule has 0 radical (unpaired) electrons. The van der Waals surface area contributed by atoms with E-state index >= 15 is 0 Å². The topological polar surface area (TPSA) is 83.1 Å². The number of anilines is 1.